The molecule has 0 aliphatic heterocycles. The third kappa shape index (κ3) is 5.07. The van der Waals surface area contributed by atoms with E-state index < -0.39 is 0 Å². The summed E-state index contributed by atoms with van der Waals surface area (Å²) in [5.74, 6) is -0.447. The Morgan fingerprint density at radius 1 is 1.10 bits per heavy atom. The Kier molecular flexibility index (Phi) is 6.90. The van der Waals surface area contributed by atoms with Gasteiger partial charge in [0.1, 0.15) is 5.69 Å². The Bertz CT molecular complexity index is 1010. The van der Waals surface area contributed by atoms with Crippen molar-refractivity contribution in [3.8, 4) is 16.9 Å². The topological polar surface area (TPSA) is 67.2 Å². The zero-order valence-electron chi connectivity index (χ0n) is 17.3. The van der Waals surface area contributed by atoms with Gasteiger partial charge in [-0.25, -0.2) is 4.68 Å². The smallest absolute Gasteiger partial charge is 0.273 e. The summed E-state index contributed by atoms with van der Waals surface area (Å²) in [5, 5.41) is 8.13. The van der Waals surface area contributed by atoms with Gasteiger partial charge >= 0.3 is 0 Å². The maximum absolute atomic E-state index is 13.4. The lowest BCUT2D eigenvalue weighted by Gasteiger charge is -2.21. The van der Waals surface area contributed by atoms with Crippen LogP contribution in [0.2, 0.25) is 5.02 Å². The van der Waals surface area contributed by atoms with Crippen LogP contribution in [0, 0.1) is 0 Å². The molecule has 0 fully saturated rings. The first kappa shape index (κ1) is 21.6. The summed E-state index contributed by atoms with van der Waals surface area (Å²) in [4.78, 5) is 27.1. The molecule has 0 saturated carbocycles. The summed E-state index contributed by atoms with van der Waals surface area (Å²) >= 11 is 6.00. The van der Waals surface area contributed by atoms with Gasteiger partial charge in [0, 0.05) is 23.2 Å². The molecule has 156 valence electrons. The molecule has 2 amide bonds. The Morgan fingerprint density at radius 3 is 2.37 bits per heavy atom. The molecule has 1 N–H and O–H groups in total. The molecular formula is C23H25ClN4O2. The highest BCUT2D eigenvalue weighted by molar-refractivity contribution is 6.30. The van der Waals surface area contributed by atoms with Gasteiger partial charge in [-0.2, -0.15) is 5.10 Å². The van der Waals surface area contributed by atoms with Crippen LogP contribution in [0.5, 0.6) is 0 Å². The first-order valence-corrected chi connectivity index (χ1v) is 10.3. The molecule has 3 aromatic rings. The molecule has 2 aromatic carbocycles. The number of carbonyl (C=O) groups is 2. The average molecular weight is 425 g/mol. The highest BCUT2D eigenvalue weighted by Crippen LogP contribution is 2.24. The van der Waals surface area contributed by atoms with E-state index in [9.17, 15) is 9.59 Å². The van der Waals surface area contributed by atoms with Crippen molar-refractivity contribution in [1.29, 1.82) is 0 Å². The first-order chi connectivity index (χ1) is 14.4. The molecule has 0 bridgehead atoms. The fraction of sp³-hybridized carbons (Fsp3) is 0.261. The maximum Gasteiger partial charge on any atom is 0.273 e. The van der Waals surface area contributed by atoms with Crippen LogP contribution in [-0.4, -0.2) is 45.6 Å². The summed E-state index contributed by atoms with van der Waals surface area (Å²) in [6, 6.07) is 18.5. The normalized spacial score (nSPS) is 10.8. The first-order valence-electron chi connectivity index (χ1n) is 9.89. The zero-order chi connectivity index (χ0) is 21.7. The van der Waals surface area contributed by atoms with Gasteiger partial charge in [0.15, 0.2) is 0 Å². The fourth-order valence-corrected chi connectivity index (χ4v) is 3.22. The minimum Gasteiger partial charge on any atom is -0.352 e. The number of para-hydroxylation sites is 1. The Balaban J connectivity index is 1.99. The van der Waals surface area contributed by atoms with Crippen molar-refractivity contribution in [2.24, 2.45) is 0 Å². The lowest BCUT2D eigenvalue weighted by atomic mass is 10.1. The number of carbonyl (C=O) groups excluding carboxylic acids is 2. The van der Waals surface area contributed by atoms with Crippen molar-refractivity contribution in [1.82, 2.24) is 20.0 Å². The number of hydrogen-bond donors (Lipinski definition) is 1. The van der Waals surface area contributed by atoms with Gasteiger partial charge in [-0.05, 0) is 51.1 Å². The van der Waals surface area contributed by atoms with Crippen LogP contribution in [0.1, 0.15) is 31.3 Å². The number of likely N-dealkylation sites (N-methyl/N-ethyl adjacent to an activating group) is 1. The van der Waals surface area contributed by atoms with Crippen LogP contribution in [-0.2, 0) is 4.79 Å². The maximum atomic E-state index is 13.4. The van der Waals surface area contributed by atoms with Crippen LogP contribution in [0.15, 0.2) is 60.7 Å². The SMILES string of the molecule is CCN(CC(=O)NC(C)C)C(=O)c1cc(-c2ccc(Cl)cc2)nn1-c1ccccc1. The minimum absolute atomic E-state index is 0.0102. The minimum atomic E-state index is -0.257. The van der Waals surface area contributed by atoms with Crippen LogP contribution in [0.3, 0.4) is 0 Å². The molecule has 3 rings (SSSR count). The molecule has 0 unspecified atom stereocenters. The van der Waals surface area contributed by atoms with Gasteiger partial charge in [0.25, 0.3) is 5.91 Å². The Labute approximate surface area is 181 Å². The summed E-state index contributed by atoms with van der Waals surface area (Å²) in [6.07, 6.45) is 0. The second-order valence-corrected chi connectivity index (χ2v) is 7.65. The molecule has 0 saturated heterocycles. The van der Waals surface area contributed by atoms with Crippen molar-refractivity contribution in [2.75, 3.05) is 13.1 Å². The summed E-state index contributed by atoms with van der Waals surface area (Å²) in [5.41, 5.74) is 2.67. The predicted molar refractivity (Wildman–Crippen MR) is 119 cm³/mol. The molecule has 0 aliphatic carbocycles. The van der Waals surface area contributed by atoms with Gasteiger partial charge < -0.3 is 10.2 Å². The molecule has 1 heterocycles. The standard InChI is InChI=1S/C23H25ClN4O2/c1-4-27(15-22(29)25-16(2)3)23(30)21-14-20(17-10-12-18(24)13-11-17)26-28(21)19-8-6-5-7-9-19/h5-14,16H,4,15H2,1-3H3,(H,25,29). The highest BCUT2D eigenvalue weighted by Gasteiger charge is 2.23. The highest BCUT2D eigenvalue weighted by atomic mass is 35.5. The van der Waals surface area contributed by atoms with Crippen molar-refractivity contribution < 1.29 is 9.59 Å². The number of halogens is 1. The van der Waals surface area contributed by atoms with E-state index in [1.54, 1.807) is 22.9 Å². The van der Waals surface area contributed by atoms with Gasteiger partial charge in [-0.15, -0.1) is 0 Å². The number of aromatic nitrogens is 2. The van der Waals surface area contributed by atoms with Gasteiger partial charge in [-0.1, -0.05) is 41.9 Å². The molecule has 1 aromatic heterocycles. The molecule has 7 heteroatoms. The van der Waals surface area contributed by atoms with E-state index in [0.717, 1.165) is 11.3 Å². The number of amides is 2. The van der Waals surface area contributed by atoms with Crippen molar-refractivity contribution in [3.63, 3.8) is 0 Å². The number of benzene rings is 2. The number of rotatable bonds is 7. The van der Waals surface area contributed by atoms with E-state index in [2.05, 4.69) is 10.4 Å². The van der Waals surface area contributed by atoms with Crippen LogP contribution in [0.25, 0.3) is 16.9 Å². The van der Waals surface area contributed by atoms with Crippen molar-refractivity contribution in [2.45, 2.75) is 26.8 Å². The monoisotopic (exact) mass is 424 g/mol. The van der Waals surface area contributed by atoms with E-state index in [1.807, 2.05) is 63.2 Å². The number of hydrogen-bond acceptors (Lipinski definition) is 3. The lowest BCUT2D eigenvalue weighted by Crippen LogP contribution is -2.43. The van der Waals surface area contributed by atoms with Crippen LogP contribution < -0.4 is 5.32 Å². The van der Waals surface area contributed by atoms with Gasteiger partial charge in [0.05, 0.1) is 17.9 Å². The second kappa shape index (κ2) is 9.59. The van der Waals surface area contributed by atoms with E-state index in [4.69, 9.17) is 11.6 Å². The van der Waals surface area contributed by atoms with E-state index in [0.29, 0.717) is 23.0 Å². The summed E-state index contributed by atoms with van der Waals surface area (Å²) in [6.45, 7) is 6.02. The molecule has 0 spiro atoms. The van der Waals surface area contributed by atoms with Gasteiger partial charge in [-0.3, -0.25) is 9.59 Å². The molecule has 0 aliphatic rings. The van der Waals surface area contributed by atoms with E-state index in [1.165, 1.54) is 4.90 Å². The third-order valence-electron chi connectivity index (χ3n) is 4.52. The fourth-order valence-electron chi connectivity index (χ4n) is 3.09. The average Bonchev–Trinajstić information content (AvgIpc) is 3.17. The van der Waals surface area contributed by atoms with Crippen molar-refractivity contribution in [3.05, 3.63) is 71.4 Å². The van der Waals surface area contributed by atoms with E-state index in [-0.39, 0.29) is 24.4 Å². The van der Waals surface area contributed by atoms with Gasteiger partial charge in [0.2, 0.25) is 5.91 Å². The summed E-state index contributed by atoms with van der Waals surface area (Å²) in [7, 11) is 0. The van der Waals surface area contributed by atoms with Crippen molar-refractivity contribution >= 4 is 23.4 Å². The summed E-state index contributed by atoms with van der Waals surface area (Å²) < 4.78 is 1.62. The Hall–Kier alpha value is -3.12. The second-order valence-electron chi connectivity index (χ2n) is 7.21. The van der Waals surface area contributed by atoms with Crippen LogP contribution >= 0.6 is 11.6 Å². The molecule has 0 radical (unpaired) electrons. The Morgan fingerprint density at radius 2 is 1.77 bits per heavy atom. The molecule has 30 heavy (non-hydrogen) atoms. The third-order valence-corrected chi connectivity index (χ3v) is 4.77. The van der Waals surface area contributed by atoms with Crippen LogP contribution in [0.4, 0.5) is 0 Å². The lowest BCUT2D eigenvalue weighted by molar-refractivity contribution is -0.122. The van der Waals surface area contributed by atoms with E-state index >= 15 is 0 Å². The molecule has 6 nitrogen and oxygen atoms in total. The largest absolute Gasteiger partial charge is 0.352 e. The molecular weight excluding hydrogens is 400 g/mol. The quantitative estimate of drug-likeness (QED) is 0.618. The molecule has 0 atom stereocenters. The number of nitrogens with zero attached hydrogens (tertiary/aromatic N) is 3. The zero-order valence-corrected chi connectivity index (χ0v) is 18.1. The predicted octanol–water partition coefficient (Wildman–Crippen LogP) is 4.18. The number of nitrogens with one attached hydrogen (secondary N) is 1.